The van der Waals surface area contributed by atoms with E-state index >= 15 is 0 Å². The highest BCUT2D eigenvalue weighted by Crippen LogP contribution is 2.34. The van der Waals surface area contributed by atoms with Gasteiger partial charge in [0.15, 0.2) is 6.61 Å². The zero-order valence-electron chi connectivity index (χ0n) is 14.1. The van der Waals surface area contributed by atoms with E-state index in [0.29, 0.717) is 42.9 Å². The first-order valence-corrected chi connectivity index (χ1v) is 9.39. The topological polar surface area (TPSA) is 63.8 Å². The molecule has 2 aromatic carbocycles. The van der Waals surface area contributed by atoms with Crippen molar-refractivity contribution in [3.8, 4) is 17.1 Å². The molecule has 1 N–H and O–H groups in total. The molecule has 0 atom stereocenters. The van der Waals surface area contributed by atoms with E-state index in [-0.39, 0.29) is 6.61 Å². The van der Waals surface area contributed by atoms with Gasteiger partial charge in [-0.25, -0.2) is 5.43 Å². The minimum absolute atomic E-state index is 0.279. The van der Waals surface area contributed by atoms with Crippen molar-refractivity contribution in [1.82, 2.24) is 5.43 Å². The van der Waals surface area contributed by atoms with Crippen molar-refractivity contribution < 1.29 is 13.9 Å². The van der Waals surface area contributed by atoms with Crippen LogP contribution in [0.15, 0.2) is 58.0 Å². The van der Waals surface area contributed by atoms with Crippen LogP contribution in [0.5, 0.6) is 5.75 Å². The molecule has 0 aliphatic heterocycles. The first-order valence-electron chi connectivity index (χ1n) is 7.88. The Bertz CT molecular complexity index is 1030. The van der Waals surface area contributed by atoms with Gasteiger partial charge in [-0.1, -0.05) is 52.5 Å². The molecule has 5 nitrogen and oxygen atoms in total. The predicted octanol–water partition coefficient (Wildman–Crippen LogP) is 6.09. The number of ether oxygens (including phenoxy) is 1. The van der Waals surface area contributed by atoms with E-state index in [1.54, 1.807) is 42.5 Å². The summed E-state index contributed by atoms with van der Waals surface area (Å²) in [5.74, 6) is 0.781. The molecule has 0 radical (unpaired) electrons. The molecule has 28 heavy (non-hydrogen) atoms. The van der Waals surface area contributed by atoms with Gasteiger partial charge in [0.05, 0.1) is 21.3 Å². The summed E-state index contributed by atoms with van der Waals surface area (Å²) in [5, 5.41) is 5.45. The van der Waals surface area contributed by atoms with Crippen molar-refractivity contribution in [3.05, 3.63) is 74.4 Å². The predicted molar refractivity (Wildman–Crippen MR) is 112 cm³/mol. The lowest BCUT2D eigenvalue weighted by atomic mass is 10.2. The number of carbonyl (C=O) groups is 1. The Kier molecular flexibility index (Phi) is 6.86. The molecule has 1 amide bonds. The van der Waals surface area contributed by atoms with E-state index in [9.17, 15) is 4.79 Å². The molecule has 144 valence electrons. The molecule has 0 aliphatic rings. The first-order chi connectivity index (χ1) is 13.4. The van der Waals surface area contributed by atoms with Gasteiger partial charge >= 0.3 is 0 Å². The number of nitrogens with zero attached hydrogens (tertiary/aromatic N) is 1. The van der Waals surface area contributed by atoms with Crippen LogP contribution in [0.2, 0.25) is 20.1 Å². The average molecular weight is 458 g/mol. The minimum Gasteiger partial charge on any atom is -0.482 e. The summed E-state index contributed by atoms with van der Waals surface area (Å²) in [6.45, 7) is -0.279. The van der Waals surface area contributed by atoms with Crippen molar-refractivity contribution in [2.24, 2.45) is 5.10 Å². The van der Waals surface area contributed by atoms with E-state index in [2.05, 4.69) is 10.5 Å². The molecule has 0 unspecified atom stereocenters. The number of carbonyl (C=O) groups excluding carboxylic acids is 1. The van der Waals surface area contributed by atoms with Crippen LogP contribution in [0.25, 0.3) is 11.3 Å². The highest BCUT2D eigenvalue weighted by Gasteiger charge is 2.10. The van der Waals surface area contributed by atoms with Crippen molar-refractivity contribution in [1.29, 1.82) is 0 Å². The highest BCUT2D eigenvalue weighted by molar-refractivity contribution is 6.43. The third-order valence-corrected chi connectivity index (χ3v) is 4.84. The molecule has 0 aliphatic carbocycles. The Labute approximate surface area is 180 Å². The fraction of sp³-hybridized carbons (Fsp3) is 0.0526. The van der Waals surface area contributed by atoms with E-state index in [4.69, 9.17) is 55.6 Å². The normalized spacial score (nSPS) is 11.0. The van der Waals surface area contributed by atoms with Gasteiger partial charge in [0.2, 0.25) is 0 Å². The standard InChI is InChI=1S/C19H12Cl4N2O3/c20-11-4-6-14(21)17(8-11)27-10-18(26)25-24-9-12-5-7-16(28-12)13-2-1-3-15(22)19(13)23/h1-9H,10H2,(H,25,26)/b24-9-. The van der Waals surface area contributed by atoms with Crippen molar-refractivity contribution >= 4 is 58.5 Å². The number of halogens is 4. The summed E-state index contributed by atoms with van der Waals surface area (Å²) in [5.41, 5.74) is 2.98. The number of rotatable bonds is 6. The summed E-state index contributed by atoms with van der Waals surface area (Å²) in [6.07, 6.45) is 1.35. The highest BCUT2D eigenvalue weighted by atomic mass is 35.5. The van der Waals surface area contributed by atoms with Crippen LogP contribution in [0.3, 0.4) is 0 Å². The van der Waals surface area contributed by atoms with Gasteiger partial charge < -0.3 is 9.15 Å². The Morgan fingerprint density at radius 1 is 1.07 bits per heavy atom. The van der Waals surface area contributed by atoms with Gasteiger partial charge in [-0.05, 0) is 36.4 Å². The van der Waals surface area contributed by atoms with Gasteiger partial charge in [0.25, 0.3) is 5.91 Å². The van der Waals surface area contributed by atoms with Crippen molar-refractivity contribution in [2.75, 3.05) is 6.61 Å². The number of nitrogens with one attached hydrogen (secondary N) is 1. The molecule has 0 spiro atoms. The van der Waals surface area contributed by atoms with Crippen LogP contribution in [0, 0.1) is 0 Å². The largest absolute Gasteiger partial charge is 0.482 e. The zero-order chi connectivity index (χ0) is 20.1. The van der Waals surface area contributed by atoms with Crippen molar-refractivity contribution in [3.63, 3.8) is 0 Å². The minimum atomic E-state index is -0.475. The summed E-state index contributed by atoms with van der Waals surface area (Å²) in [6, 6.07) is 13.4. The average Bonchev–Trinajstić information content (AvgIpc) is 3.13. The third-order valence-electron chi connectivity index (χ3n) is 3.48. The third kappa shape index (κ3) is 5.20. The van der Waals surface area contributed by atoms with Gasteiger partial charge in [-0.3, -0.25) is 4.79 Å². The lowest BCUT2D eigenvalue weighted by Crippen LogP contribution is -2.24. The SMILES string of the molecule is O=C(COc1cc(Cl)ccc1Cl)N/N=C\c1ccc(-c2cccc(Cl)c2Cl)o1. The zero-order valence-corrected chi connectivity index (χ0v) is 17.1. The number of furan rings is 1. The molecule has 3 rings (SSSR count). The molecule has 3 aromatic rings. The van der Waals surface area contributed by atoms with Gasteiger partial charge in [0.1, 0.15) is 17.3 Å². The summed E-state index contributed by atoms with van der Waals surface area (Å²) < 4.78 is 11.0. The van der Waals surface area contributed by atoms with Crippen LogP contribution in [-0.4, -0.2) is 18.7 Å². The first kappa shape index (κ1) is 20.6. The molecule has 1 heterocycles. The fourth-order valence-electron chi connectivity index (χ4n) is 2.19. The van der Waals surface area contributed by atoms with E-state index in [0.717, 1.165) is 0 Å². The summed E-state index contributed by atoms with van der Waals surface area (Å²) in [4.78, 5) is 11.8. The second-order valence-electron chi connectivity index (χ2n) is 5.46. The Morgan fingerprint density at radius 3 is 2.71 bits per heavy atom. The maximum Gasteiger partial charge on any atom is 0.277 e. The summed E-state index contributed by atoms with van der Waals surface area (Å²) >= 11 is 24.0. The molecule has 9 heteroatoms. The van der Waals surface area contributed by atoms with Crippen LogP contribution in [0.4, 0.5) is 0 Å². The van der Waals surface area contributed by atoms with E-state index < -0.39 is 5.91 Å². The number of hydrogen-bond donors (Lipinski definition) is 1. The van der Waals surface area contributed by atoms with Gasteiger partial charge in [0, 0.05) is 16.7 Å². The number of hydrogen-bond acceptors (Lipinski definition) is 4. The molecule has 0 saturated heterocycles. The maximum atomic E-state index is 11.8. The van der Waals surface area contributed by atoms with E-state index in [1.807, 2.05) is 0 Å². The van der Waals surface area contributed by atoms with Crippen LogP contribution in [0.1, 0.15) is 5.76 Å². The maximum absolute atomic E-state index is 11.8. The monoisotopic (exact) mass is 456 g/mol. The number of hydrazone groups is 1. The lowest BCUT2D eigenvalue weighted by Gasteiger charge is -2.07. The number of amides is 1. The Balaban J connectivity index is 1.56. The van der Waals surface area contributed by atoms with Crippen LogP contribution >= 0.6 is 46.4 Å². The Hall–Kier alpha value is -2.18. The van der Waals surface area contributed by atoms with Gasteiger partial charge in [-0.2, -0.15) is 5.10 Å². The number of benzene rings is 2. The molecular weight excluding hydrogens is 446 g/mol. The second kappa shape index (κ2) is 9.34. The molecule has 0 bridgehead atoms. The Morgan fingerprint density at radius 2 is 1.89 bits per heavy atom. The fourth-order valence-corrected chi connectivity index (χ4v) is 2.92. The van der Waals surface area contributed by atoms with Gasteiger partial charge in [-0.15, -0.1) is 0 Å². The van der Waals surface area contributed by atoms with Crippen LogP contribution < -0.4 is 10.2 Å². The molecule has 0 fully saturated rings. The molecule has 0 saturated carbocycles. The molecular formula is C19H12Cl4N2O3. The summed E-state index contributed by atoms with van der Waals surface area (Å²) in [7, 11) is 0. The lowest BCUT2D eigenvalue weighted by molar-refractivity contribution is -0.123. The van der Waals surface area contributed by atoms with Crippen LogP contribution in [-0.2, 0) is 4.79 Å². The van der Waals surface area contributed by atoms with Crippen molar-refractivity contribution in [2.45, 2.75) is 0 Å². The molecule has 1 aromatic heterocycles. The smallest absolute Gasteiger partial charge is 0.277 e. The quantitative estimate of drug-likeness (QED) is 0.359. The van der Waals surface area contributed by atoms with E-state index in [1.165, 1.54) is 12.3 Å². The second-order valence-corrected chi connectivity index (χ2v) is 7.09.